The molecule has 5 heteroatoms. The smallest absolute Gasteiger partial charge is 0.320 e. The van der Waals surface area contributed by atoms with Crippen LogP contribution in [0.5, 0.6) is 0 Å². The zero-order chi connectivity index (χ0) is 12.4. The molecule has 1 aliphatic heterocycles. The first kappa shape index (κ1) is 11.9. The molecule has 1 aromatic rings. The van der Waals surface area contributed by atoms with E-state index in [0.29, 0.717) is 6.54 Å². The standard InChI is InChI=1S/C12H15FN2O2/c1-14-8-11(15(5-6-16)12(14)17)9-3-2-4-10(13)7-9/h2-4,7,11,16H,5-6,8H2,1H3. The molecular formula is C12H15FN2O2. The Labute approximate surface area is 99.3 Å². The van der Waals surface area contributed by atoms with Crippen molar-refractivity contribution >= 4 is 6.03 Å². The monoisotopic (exact) mass is 238 g/mol. The maximum absolute atomic E-state index is 13.2. The second-order valence-corrected chi connectivity index (χ2v) is 4.15. The van der Waals surface area contributed by atoms with E-state index in [4.69, 9.17) is 5.11 Å². The van der Waals surface area contributed by atoms with Crippen LogP contribution < -0.4 is 0 Å². The molecule has 1 aromatic carbocycles. The van der Waals surface area contributed by atoms with E-state index >= 15 is 0 Å². The third-order valence-electron chi connectivity index (χ3n) is 2.97. The van der Waals surface area contributed by atoms with Crippen molar-refractivity contribution in [2.75, 3.05) is 26.7 Å². The Morgan fingerprint density at radius 3 is 2.94 bits per heavy atom. The van der Waals surface area contributed by atoms with Gasteiger partial charge in [-0.1, -0.05) is 12.1 Å². The molecule has 1 N–H and O–H groups in total. The summed E-state index contributed by atoms with van der Waals surface area (Å²) in [6, 6.07) is 5.92. The number of hydrogen-bond acceptors (Lipinski definition) is 2. The van der Waals surface area contributed by atoms with Crippen molar-refractivity contribution in [3.05, 3.63) is 35.6 Å². The Balaban J connectivity index is 2.27. The molecule has 92 valence electrons. The van der Waals surface area contributed by atoms with E-state index in [0.717, 1.165) is 5.56 Å². The third-order valence-corrected chi connectivity index (χ3v) is 2.97. The van der Waals surface area contributed by atoms with Gasteiger partial charge < -0.3 is 14.9 Å². The van der Waals surface area contributed by atoms with Gasteiger partial charge in [0.05, 0.1) is 12.6 Å². The van der Waals surface area contributed by atoms with Gasteiger partial charge in [0.25, 0.3) is 0 Å². The number of nitrogens with zero attached hydrogens (tertiary/aromatic N) is 2. The van der Waals surface area contributed by atoms with Gasteiger partial charge in [0.1, 0.15) is 5.82 Å². The number of carbonyl (C=O) groups is 1. The topological polar surface area (TPSA) is 43.8 Å². The molecule has 1 heterocycles. The number of carbonyl (C=O) groups excluding carboxylic acids is 1. The van der Waals surface area contributed by atoms with Crippen molar-refractivity contribution in [2.45, 2.75) is 6.04 Å². The quantitative estimate of drug-likeness (QED) is 0.860. The predicted octanol–water partition coefficient (Wildman–Crippen LogP) is 1.23. The van der Waals surface area contributed by atoms with Crippen molar-refractivity contribution in [2.24, 2.45) is 0 Å². The van der Waals surface area contributed by atoms with Crippen molar-refractivity contribution in [3.63, 3.8) is 0 Å². The molecule has 0 aromatic heterocycles. The SMILES string of the molecule is CN1CC(c2cccc(F)c2)N(CCO)C1=O. The highest BCUT2D eigenvalue weighted by Gasteiger charge is 2.35. The number of β-amino-alcohol motifs (C(OH)–C–C–N with tert-alkyl or cyclic N) is 1. The molecule has 1 unspecified atom stereocenters. The predicted molar refractivity (Wildman–Crippen MR) is 61.0 cm³/mol. The number of aliphatic hydroxyl groups is 1. The molecule has 0 spiro atoms. The minimum absolute atomic E-state index is 0.0919. The lowest BCUT2D eigenvalue weighted by atomic mass is 10.1. The van der Waals surface area contributed by atoms with Gasteiger partial charge in [-0.25, -0.2) is 9.18 Å². The maximum atomic E-state index is 13.2. The molecule has 4 nitrogen and oxygen atoms in total. The summed E-state index contributed by atoms with van der Waals surface area (Å²) in [5, 5.41) is 8.96. The van der Waals surface area contributed by atoms with Crippen molar-refractivity contribution in [1.29, 1.82) is 0 Å². The highest BCUT2D eigenvalue weighted by atomic mass is 19.1. The molecule has 1 aliphatic rings. The summed E-state index contributed by atoms with van der Waals surface area (Å²) in [6.07, 6.45) is 0. The Hall–Kier alpha value is -1.62. The van der Waals surface area contributed by atoms with Crippen LogP contribution in [0.1, 0.15) is 11.6 Å². The molecule has 0 saturated carbocycles. The average Bonchev–Trinajstić information content (AvgIpc) is 2.58. The summed E-state index contributed by atoms with van der Waals surface area (Å²) in [4.78, 5) is 14.9. The first-order valence-electron chi connectivity index (χ1n) is 5.51. The first-order valence-corrected chi connectivity index (χ1v) is 5.51. The minimum Gasteiger partial charge on any atom is -0.395 e. The Bertz CT molecular complexity index is 425. The van der Waals surface area contributed by atoms with Gasteiger partial charge in [0.2, 0.25) is 0 Å². The van der Waals surface area contributed by atoms with Crippen LogP contribution in [0, 0.1) is 5.82 Å². The van der Waals surface area contributed by atoms with Gasteiger partial charge in [-0.05, 0) is 17.7 Å². The van der Waals surface area contributed by atoms with Crippen LogP contribution in [0.2, 0.25) is 0 Å². The fraction of sp³-hybridized carbons (Fsp3) is 0.417. The average molecular weight is 238 g/mol. The Kier molecular flexibility index (Phi) is 3.28. The highest BCUT2D eigenvalue weighted by molar-refractivity contribution is 5.77. The van der Waals surface area contributed by atoms with E-state index < -0.39 is 0 Å². The largest absolute Gasteiger partial charge is 0.395 e. The molecule has 0 aliphatic carbocycles. The highest BCUT2D eigenvalue weighted by Crippen LogP contribution is 2.28. The molecular weight excluding hydrogens is 223 g/mol. The lowest BCUT2D eigenvalue weighted by molar-refractivity contribution is 0.171. The normalized spacial score (nSPS) is 20.2. The van der Waals surface area contributed by atoms with Crippen LogP contribution in [-0.4, -0.2) is 47.7 Å². The molecule has 17 heavy (non-hydrogen) atoms. The van der Waals surface area contributed by atoms with Crippen LogP contribution in [0.3, 0.4) is 0 Å². The fourth-order valence-electron chi connectivity index (χ4n) is 2.15. The minimum atomic E-state index is -0.312. The number of halogens is 1. The molecule has 2 amide bonds. The van der Waals surface area contributed by atoms with Gasteiger partial charge in [0.15, 0.2) is 0 Å². The fourth-order valence-corrected chi connectivity index (χ4v) is 2.15. The summed E-state index contributed by atoms with van der Waals surface area (Å²) >= 11 is 0. The summed E-state index contributed by atoms with van der Waals surface area (Å²) in [5.74, 6) is -0.312. The zero-order valence-corrected chi connectivity index (χ0v) is 9.64. The number of amides is 2. The second kappa shape index (κ2) is 4.71. The summed E-state index contributed by atoms with van der Waals surface area (Å²) in [5.41, 5.74) is 0.760. The van der Waals surface area contributed by atoms with Gasteiger partial charge in [-0.2, -0.15) is 0 Å². The molecule has 2 rings (SSSR count). The third kappa shape index (κ3) is 2.24. The van der Waals surface area contributed by atoms with E-state index in [9.17, 15) is 9.18 Å². The number of aliphatic hydroxyl groups excluding tert-OH is 1. The number of likely N-dealkylation sites (N-methyl/N-ethyl adjacent to an activating group) is 1. The van der Waals surface area contributed by atoms with Gasteiger partial charge in [-0.15, -0.1) is 0 Å². The van der Waals surface area contributed by atoms with E-state index in [1.54, 1.807) is 29.0 Å². The van der Waals surface area contributed by atoms with E-state index in [2.05, 4.69) is 0 Å². The molecule has 0 bridgehead atoms. The van der Waals surface area contributed by atoms with Crippen LogP contribution in [-0.2, 0) is 0 Å². The van der Waals surface area contributed by atoms with Crippen LogP contribution >= 0.6 is 0 Å². The summed E-state index contributed by atoms with van der Waals surface area (Å²) < 4.78 is 13.2. The van der Waals surface area contributed by atoms with Gasteiger partial charge >= 0.3 is 6.03 Å². The number of urea groups is 1. The van der Waals surface area contributed by atoms with Crippen molar-refractivity contribution in [3.8, 4) is 0 Å². The van der Waals surface area contributed by atoms with Gasteiger partial charge in [-0.3, -0.25) is 0 Å². The summed E-state index contributed by atoms with van der Waals surface area (Å²) in [7, 11) is 1.70. The number of rotatable bonds is 3. The van der Waals surface area contributed by atoms with E-state index in [1.807, 2.05) is 0 Å². The Morgan fingerprint density at radius 2 is 2.29 bits per heavy atom. The summed E-state index contributed by atoms with van der Waals surface area (Å²) in [6.45, 7) is 0.692. The van der Waals surface area contributed by atoms with Crippen molar-refractivity contribution in [1.82, 2.24) is 9.80 Å². The zero-order valence-electron chi connectivity index (χ0n) is 9.64. The Morgan fingerprint density at radius 1 is 1.53 bits per heavy atom. The van der Waals surface area contributed by atoms with E-state index in [1.165, 1.54) is 12.1 Å². The molecule has 1 saturated heterocycles. The first-order chi connectivity index (χ1) is 8.13. The maximum Gasteiger partial charge on any atom is 0.320 e. The van der Waals surface area contributed by atoms with Crippen LogP contribution in [0.4, 0.5) is 9.18 Å². The lowest BCUT2D eigenvalue weighted by Crippen LogP contribution is -2.33. The molecule has 1 atom stereocenters. The number of hydrogen-bond donors (Lipinski definition) is 1. The van der Waals surface area contributed by atoms with Crippen LogP contribution in [0.25, 0.3) is 0 Å². The number of benzene rings is 1. The van der Waals surface area contributed by atoms with Crippen LogP contribution in [0.15, 0.2) is 24.3 Å². The molecule has 1 fully saturated rings. The van der Waals surface area contributed by atoms with Crippen molar-refractivity contribution < 1.29 is 14.3 Å². The van der Waals surface area contributed by atoms with Gasteiger partial charge in [0, 0.05) is 20.1 Å². The van der Waals surface area contributed by atoms with E-state index in [-0.39, 0.29) is 31.0 Å². The molecule has 0 radical (unpaired) electrons. The lowest BCUT2D eigenvalue weighted by Gasteiger charge is -2.22. The second-order valence-electron chi connectivity index (χ2n) is 4.15.